The van der Waals surface area contributed by atoms with E-state index in [9.17, 15) is 24.0 Å². The summed E-state index contributed by atoms with van der Waals surface area (Å²) < 4.78 is 5.72. The van der Waals surface area contributed by atoms with Gasteiger partial charge in [-0.25, -0.2) is 9.78 Å². The van der Waals surface area contributed by atoms with Gasteiger partial charge in [-0.3, -0.25) is 24.1 Å². The molecule has 44 heavy (non-hydrogen) atoms. The van der Waals surface area contributed by atoms with Crippen molar-refractivity contribution in [1.82, 2.24) is 15.2 Å². The van der Waals surface area contributed by atoms with Crippen LogP contribution in [0.1, 0.15) is 29.8 Å². The summed E-state index contributed by atoms with van der Waals surface area (Å²) in [7, 11) is 0. The number of thiazole rings is 1. The zero-order valence-electron chi connectivity index (χ0n) is 23.0. The molecule has 2 atom stereocenters. The highest BCUT2D eigenvalue weighted by atomic mass is 32.2. The van der Waals surface area contributed by atoms with Gasteiger partial charge in [0.1, 0.15) is 17.1 Å². The van der Waals surface area contributed by atoms with Crippen LogP contribution >= 0.6 is 35.7 Å². The second-order valence-corrected chi connectivity index (χ2v) is 11.9. The van der Waals surface area contributed by atoms with E-state index < -0.39 is 47.0 Å². The van der Waals surface area contributed by atoms with Crippen molar-refractivity contribution in [2.24, 2.45) is 5.16 Å². The number of oxime groups is 1. The summed E-state index contributed by atoms with van der Waals surface area (Å²) in [5.74, 6) is -1.56. The Bertz CT molecular complexity index is 1610. The van der Waals surface area contributed by atoms with Gasteiger partial charge in [-0.05, 0) is 23.6 Å². The molecule has 1 saturated heterocycles. The number of anilines is 1. The molecule has 1 unspecified atom stereocenters. The van der Waals surface area contributed by atoms with Crippen LogP contribution in [0.25, 0.3) is 0 Å². The van der Waals surface area contributed by atoms with Crippen molar-refractivity contribution in [1.29, 1.82) is 0 Å². The van der Waals surface area contributed by atoms with E-state index >= 15 is 0 Å². The molecule has 3 heterocycles. The lowest BCUT2D eigenvalue weighted by atomic mass is 10.0. The Balaban J connectivity index is 1.31. The monoisotopic (exact) mass is 651 g/mol. The highest BCUT2D eigenvalue weighted by Crippen LogP contribution is 2.40. The number of aromatic nitrogens is 1. The number of carbonyl (C=O) groups excluding carboxylic acids is 5. The van der Waals surface area contributed by atoms with Gasteiger partial charge >= 0.3 is 5.97 Å². The van der Waals surface area contributed by atoms with Crippen molar-refractivity contribution < 1.29 is 33.5 Å². The molecule has 0 spiro atoms. The van der Waals surface area contributed by atoms with E-state index in [2.05, 4.69) is 33.4 Å². The van der Waals surface area contributed by atoms with E-state index in [4.69, 9.17) is 9.57 Å². The van der Waals surface area contributed by atoms with Crippen LogP contribution in [-0.2, 0) is 33.5 Å². The molecule has 15 heteroatoms. The molecule has 5 rings (SSSR count). The number of rotatable bonds is 12. The van der Waals surface area contributed by atoms with Crippen LogP contribution in [0.3, 0.4) is 0 Å². The molecule has 2 N–H and O–H groups in total. The van der Waals surface area contributed by atoms with Gasteiger partial charge in [0.05, 0.1) is 5.70 Å². The average Bonchev–Trinajstić information content (AvgIpc) is 3.49. The number of benzene rings is 2. The van der Waals surface area contributed by atoms with E-state index in [1.807, 2.05) is 60.7 Å². The minimum absolute atomic E-state index is 0.0403. The quantitative estimate of drug-likeness (QED) is 0.0669. The lowest BCUT2D eigenvalue weighted by Gasteiger charge is -2.49. The molecule has 2 aliphatic rings. The summed E-state index contributed by atoms with van der Waals surface area (Å²) in [6.45, 7) is 1.11. The first-order valence-electron chi connectivity index (χ1n) is 13.1. The minimum Gasteiger partial charge on any atom is -0.450 e. The Hall–Kier alpha value is -4.47. The summed E-state index contributed by atoms with van der Waals surface area (Å²) >= 11 is 6.31. The average molecular weight is 652 g/mol. The van der Waals surface area contributed by atoms with Gasteiger partial charge in [0.2, 0.25) is 18.1 Å². The molecular formula is C29H25N5O7S3. The number of carbonyl (C=O) groups is 5. The molecule has 226 valence electrons. The fourth-order valence-electron chi connectivity index (χ4n) is 4.59. The van der Waals surface area contributed by atoms with Gasteiger partial charge in [0.15, 0.2) is 16.9 Å². The van der Waals surface area contributed by atoms with Crippen LogP contribution < -0.4 is 10.6 Å². The third kappa shape index (κ3) is 6.69. The Morgan fingerprint density at radius 2 is 1.80 bits per heavy atom. The number of thiol groups is 1. The maximum absolute atomic E-state index is 13.4. The van der Waals surface area contributed by atoms with E-state index in [0.717, 1.165) is 22.5 Å². The molecule has 0 bridgehead atoms. The van der Waals surface area contributed by atoms with Crippen LogP contribution in [0.4, 0.5) is 5.13 Å². The normalized spacial score (nSPS) is 17.8. The number of nitrogens with one attached hydrogen (secondary N) is 2. The SMILES string of the molecule is CC1=C(C(=O)S)N2C(=O)C(NC(=O)C(=NOCC(=O)OC(c3ccccc3)c3ccccc3)c3csc(NC=O)n3)[C@H]2SC1. The second kappa shape index (κ2) is 13.9. The molecule has 0 aliphatic carbocycles. The highest BCUT2D eigenvalue weighted by molar-refractivity contribution is 8.00. The van der Waals surface area contributed by atoms with Gasteiger partial charge in [-0.15, -0.1) is 23.1 Å². The van der Waals surface area contributed by atoms with Crippen LogP contribution in [-0.4, -0.2) is 68.7 Å². The summed E-state index contributed by atoms with van der Waals surface area (Å²) in [5, 5.41) is 9.50. The Morgan fingerprint density at radius 3 is 2.41 bits per heavy atom. The van der Waals surface area contributed by atoms with E-state index in [-0.39, 0.29) is 22.2 Å². The predicted octanol–water partition coefficient (Wildman–Crippen LogP) is 2.90. The van der Waals surface area contributed by atoms with Crippen molar-refractivity contribution >= 4 is 75.9 Å². The number of esters is 1. The number of amides is 3. The topological polar surface area (TPSA) is 156 Å². The van der Waals surface area contributed by atoms with Crippen LogP contribution in [0.5, 0.6) is 0 Å². The van der Waals surface area contributed by atoms with Crippen LogP contribution in [0.15, 0.2) is 82.5 Å². The zero-order valence-corrected chi connectivity index (χ0v) is 25.6. The molecule has 2 aromatic carbocycles. The molecular weight excluding hydrogens is 627 g/mol. The first-order valence-corrected chi connectivity index (χ1v) is 15.5. The maximum atomic E-state index is 13.4. The van der Waals surface area contributed by atoms with E-state index in [1.165, 1.54) is 22.0 Å². The van der Waals surface area contributed by atoms with Gasteiger partial charge in [-0.2, -0.15) is 0 Å². The Morgan fingerprint density at radius 1 is 1.14 bits per heavy atom. The molecule has 12 nitrogen and oxygen atoms in total. The summed E-state index contributed by atoms with van der Waals surface area (Å²) in [6, 6.07) is 17.4. The van der Waals surface area contributed by atoms with E-state index in [1.54, 1.807) is 6.92 Å². The van der Waals surface area contributed by atoms with Crippen molar-refractivity contribution in [3.8, 4) is 0 Å². The van der Waals surface area contributed by atoms with Crippen molar-refractivity contribution in [3.63, 3.8) is 0 Å². The molecule has 2 aliphatic heterocycles. The van der Waals surface area contributed by atoms with Crippen molar-refractivity contribution in [3.05, 3.63) is 94.1 Å². The zero-order chi connectivity index (χ0) is 31.2. The van der Waals surface area contributed by atoms with E-state index in [0.29, 0.717) is 17.7 Å². The second-order valence-electron chi connectivity index (χ2n) is 9.50. The van der Waals surface area contributed by atoms with Crippen molar-refractivity contribution in [2.45, 2.75) is 24.4 Å². The minimum atomic E-state index is -0.956. The molecule has 0 saturated carbocycles. The molecule has 3 aromatic rings. The first kappa shape index (κ1) is 31.0. The van der Waals surface area contributed by atoms with Gasteiger partial charge < -0.3 is 20.2 Å². The Labute approximate surface area is 265 Å². The van der Waals surface area contributed by atoms with Crippen molar-refractivity contribution in [2.75, 3.05) is 17.7 Å². The predicted molar refractivity (Wildman–Crippen MR) is 167 cm³/mol. The number of hydrogen-bond acceptors (Lipinski definition) is 11. The summed E-state index contributed by atoms with van der Waals surface area (Å²) in [6.07, 6.45) is -0.275. The fourth-order valence-corrected chi connectivity index (χ4v) is 6.83. The standard InChI is InChI=1S/C29H25N5O7S3/c1-16-13-43-27-22(26(38)34(27)23(16)28(39)42)32-25(37)21(19-14-44-29(31-19)30-15-35)33-40-12-20(36)41-24(17-8-4-2-5-9-17)18-10-6-3-7-11-18/h2-11,14-15,22,24,27H,12-13H2,1H3,(H,32,37)(H,39,42)(H,30,31,35)/t22?,27-/m1/s1. The highest BCUT2D eigenvalue weighted by Gasteiger charge is 2.53. The van der Waals surface area contributed by atoms with Gasteiger partial charge in [0, 0.05) is 11.1 Å². The van der Waals surface area contributed by atoms with Crippen LogP contribution in [0, 0.1) is 0 Å². The third-order valence-corrected chi connectivity index (χ3v) is 8.99. The molecule has 1 fully saturated rings. The van der Waals surface area contributed by atoms with Gasteiger partial charge in [0.25, 0.3) is 11.8 Å². The largest absolute Gasteiger partial charge is 0.450 e. The molecule has 3 amide bonds. The number of hydrogen-bond donors (Lipinski definition) is 3. The number of β-lactam (4-membered cyclic amide) rings is 1. The maximum Gasteiger partial charge on any atom is 0.347 e. The number of thioether (sulfide) groups is 1. The summed E-state index contributed by atoms with van der Waals surface area (Å²) in [4.78, 5) is 72.9. The third-order valence-electron chi connectivity index (χ3n) is 6.58. The smallest absolute Gasteiger partial charge is 0.347 e. The van der Waals surface area contributed by atoms with Crippen LogP contribution in [0.2, 0.25) is 0 Å². The molecule has 0 radical (unpaired) electrons. The molecule has 1 aromatic heterocycles. The number of fused-ring (bicyclic) bond motifs is 1. The van der Waals surface area contributed by atoms with Gasteiger partial charge in [-0.1, -0.05) is 78.4 Å². The fraction of sp³-hybridized carbons (Fsp3) is 0.207. The lowest BCUT2D eigenvalue weighted by molar-refractivity contribution is -0.153. The Kier molecular flexibility index (Phi) is 9.77. The summed E-state index contributed by atoms with van der Waals surface area (Å²) in [5.41, 5.74) is 2.13. The first-order chi connectivity index (χ1) is 21.3. The number of nitrogens with zero attached hydrogens (tertiary/aromatic N) is 3. The lowest BCUT2D eigenvalue weighted by Crippen LogP contribution is -2.70. The number of ether oxygens (including phenoxy) is 1.